The third kappa shape index (κ3) is 12.3. The number of nitrogens with zero attached hydrogens (tertiary/aromatic N) is 3. The molecule has 16 heteroatoms. The molecule has 0 aliphatic carbocycles. The van der Waals surface area contributed by atoms with Gasteiger partial charge in [-0.05, 0) is 89.9 Å². The van der Waals surface area contributed by atoms with Crippen LogP contribution in [0.5, 0.6) is 11.5 Å². The number of hydrogen-bond donors (Lipinski definition) is 2. The van der Waals surface area contributed by atoms with Crippen LogP contribution in [0.1, 0.15) is 78.6 Å². The van der Waals surface area contributed by atoms with E-state index in [1.165, 1.54) is 19.2 Å². The fraction of sp³-hybridized carbons (Fsp3) is 0.400. The Bertz CT molecular complexity index is 2020. The Morgan fingerprint density at radius 3 is 2.16 bits per heavy atom. The van der Waals surface area contributed by atoms with Gasteiger partial charge in [0.05, 0.1) is 30.6 Å². The number of amides is 2. The van der Waals surface area contributed by atoms with Crippen LogP contribution >= 0.6 is 23.4 Å². The highest BCUT2D eigenvalue weighted by molar-refractivity contribution is 7.98. The van der Waals surface area contributed by atoms with Crippen LogP contribution in [0, 0.1) is 17.5 Å². The summed E-state index contributed by atoms with van der Waals surface area (Å²) >= 11 is 7.41. The lowest BCUT2D eigenvalue weighted by Crippen LogP contribution is -2.44. The quantitative estimate of drug-likeness (QED) is 0.0622. The summed E-state index contributed by atoms with van der Waals surface area (Å²) in [6.45, 7) is 14.2. The molecule has 0 saturated carbocycles. The van der Waals surface area contributed by atoms with Gasteiger partial charge in [0.15, 0.2) is 5.16 Å². The number of methoxy groups -OCH3 is 1. The Balaban J connectivity index is 1.45. The lowest BCUT2D eigenvalue weighted by molar-refractivity contribution is 0.0560. The molecule has 3 aromatic carbocycles. The second kappa shape index (κ2) is 18.4. The van der Waals surface area contributed by atoms with Crippen LogP contribution in [-0.4, -0.2) is 59.2 Å². The van der Waals surface area contributed by atoms with E-state index in [4.69, 9.17) is 30.5 Å². The molecule has 0 atom stereocenters. The van der Waals surface area contributed by atoms with Gasteiger partial charge in [0.25, 0.3) is 0 Å². The summed E-state index contributed by atoms with van der Waals surface area (Å²) in [5.41, 5.74) is -0.243. The van der Waals surface area contributed by atoms with Crippen molar-refractivity contribution in [3.05, 3.63) is 100 Å². The Morgan fingerprint density at radius 2 is 1.55 bits per heavy atom. The number of alkyl carbamates (subject to hydrolysis) is 1. The van der Waals surface area contributed by atoms with Crippen molar-refractivity contribution in [2.45, 2.75) is 89.3 Å². The standard InChI is InChI=1S/C40H47ClF3N5O6S/c1-38(2,3)54-36(50)47-34(48-37(51)55-39(4,5)6)45-17-10-18-53-27-20-30(43)28(31(44)21-27)23-56-35-46-22-33(49(35)26-14-12-25(42)13-15-26)40(7,8)24-11-16-29(41)32(19-24)52-9/h11-16,19-22H,10,17-18,23H2,1-9H3,(H2,45,47,48,50,51). The number of nitrogens with one attached hydrogen (secondary N) is 2. The topological polar surface area (TPSA) is 125 Å². The number of aliphatic imine (C=N–C) groups is 1. The number of ether oxygens (including phenoxy) is 4. The maximum Gasteiger partial charge on any atom is 0.437 e. The van der Waals surface area contributed by atoms with Crippen molar-refractivity contribution in [3.8, 4) is 17.2 Å². The number of hydrogen-bond acceptors (Lipinski definition) is 8. The zero-order chi connectivity index (χ0) is 41.4. The van der Waals surface area contributed by atoms with Gasteiger partial charge in [-0.2, -0.15) is 0 Å². The fourth-order valence-electron chi connectivity index (χ4n) is 5.21. The largest absolute Gasteiger partial charge is 0.495 e. The molecule has 0 radical (unpaired) electrons. The summed E-state index contributed by atoms with van der Waals surface area (Å²) in [5.74, 6) is -1.88. The number of carbonyl (C=O) groups excluding carboxylic acids is 2. The molecule has 0 fully saturated rings. The molecule has 0 aliphatic rings. The van der Waals surface area contributed by atoms with Gasteiger partial charge >= 0.3 is 12.2 Å². The molecule has 1 heterocycles. The summed E-state index contributed by atoms with van der Waals surface area (Å²) in [5, 5.41) is 6.09. The van der Waals surface area contributed by atoms with E-state index in [2.05, 4.69) is 20.6 Å². The molecule has 0 unspecified atom stereocenters. The highest BCUT2D eigenvalue weighted by atomic mass is 35.5. The van der Waals surface area contributed by atoms with E-state index in [-0.39, 0.29) is 42.6 Å². The molecule has 4 aromatic rings. The van der Waals surface area contributed by atoms with E-state index in [1.54, 1.807) is 65.9 Å². The van der Waals surface area contributed by atoms with Gasteiger partial charge in [0.1, 0.15) is 40.2 Å². The number of guanidine groups is 1. The molecular weight excluding hydrogens is 771 g/mol. The number of halogens is 4. The first-order valence-corrected chi connectivity index (χ1v) is 19.0. The van der Waals surface area contributed by atoms with E-state index in [1.807, 2.05) is 30.5 Å². The molecule has 302 valence electrons. The summed E-state index contributed by atoms with van der Waals surface area (Å²) < 4.78 is 68.1. The maximum absolute atomic E-state index is 15.4. The maximum atomic E-state index is 15.4. The average molecular weight is 818 g/mol. The van der Waals surface area contributed by atoms with Gasteiger partial charge < -0.3 is 24.3 Å². The van der Waals surface area contributed by atoms with E-state index >= 15 is 8.78 Å². The van der Waals surface area contributed by atoms with Crippen LogP contribution in [0.15, 0.2) is 70.9 Å². The molecule has 11 nitrogen and oxygen atoms in total. The lowest BCUT2D eigenvalue weighted by atomic mass is 9.81. The fourth-order valence-corrected chi connectivity index (χ4v) is 6.41. The molecular formula is C40H47ClF3N5O6S. The monoisotopic (exact) mass is 817 g/mol. The third-order valence-electron chi connectivity index (χ3n) is 7.89. The molecule has 2 amide bonds. The van der Waals surface area contributed by atoms with Crippen molar-refractivity contribution < 1.29 is 41.7 Å². The van der Waals surface area contributed by atoms with E-state index in [9.17, 15) is 14.0 Å². The van der Waals surface area contributed by atoms with Crippen molar-refractivity contribution in [1.82, 2.24) is 20.2 Å². The molecule has 0 bridgehead atoms. The van der Waals surface area contributed by atoms with Gasteiger partial charge in [-0.1, -0.05) is 43.3 Å². The SMILES string of the molecule is COc1cc(C(C)(C)c2cnc(SCc3c(F)cc(OCCCNC(=NC(=O)OC(C)(C)C)NC(=O)OC(C)(C)C)cc3F)n2-c2ccc(F)cc2)ccc1Cl. The third-order valence-corrected chi connectivity index (χ3v) is 9.18. The minimum absolute atomic E-state index is 0.0271. The summed E-state index contributed by atoms with van der Waals surface area (Å²) in [4.78, 5) is 33.0. The Kier molecular flexibility index (Phi) is 14.4. The van der Waals surface area contributed by atoms with Crippen LogP contribution in [0.3, 0.4) is 0 Å². The predicted molar refractivity (Wildman–Crippen MR) is 211 cm³/mol. The second-order valence-corrected chi connectivity index (χ2v) is 16.4. The highest BCUT2D eigenvalue weighted by Crippen LogP contribution is 2.39. The Labute approximate surface area is 334 Å². The molecule has 2 N–H and O–H groups in total. The van der Waals surface area contributed by atoms with Gasteiger partial charge in [0.2, 0.25) is 5.96 Å². The summed E-state index contributed by atoms with van der Waals surface area (Å²) in [7, 11) is 1.53. The number of aromatic nitrogens is 2. The summed E-state index contributed by atoms with van der Waals surface area (Å²) in [6, 6.07) is 13.5. The normalized spacial score (nSPS) is 12.3. The lowest BCUT2D eigenvalue weighted by Gasteiger charge is -2.28. The molecule has 0 aliphatic heterocycles. The van der Waals surface area contributed by atoms with Gasteiger partial charge in [-0.15, -0.1) is 4.99 Å². The number of benzene rings is 3. The van der Waals surface area contributed by atoms with Crippen molar-refractivity contribution in [3.63, 3.8) is 0 Å². The summed E-state index contributed by atoms with van der Waals surface area (Å²) in [6.07, 6.45) is 0.206. The Morgan fingerprint density at radius 1 is 0.911 bits per heavy atom. The number of imidazole rings is 1. The first-order valence-electron chi connectivity index (χ1n) is 17.6. The molecule has 0 saturated heterocycles. The smallest absolute Gasteiger partial charge is 0.437 e. The average Bonchev–Trinajstić information content (AvgIpc) is 3.51. The number of thioether (sulfide) groups is 1. The molecule has 1 aromatic heterocycles. The predicted octanol–water partition coefficient (Wildman–Crippen LogP) is 9.74. The van der Waals surface area contributed by atoms with Crippen molar-refractivity contribution in [2.24, 2.45) is 4.99 Å². The van der Waals surface area contributed by atoms with Crippen LogP contribution in [0.4, 0.5) is 22.8 Å². The van der Waals surface area contributed by atoms with Gasteiger partial charge in [0, 0.05) is 41.1 Å². The van der Waals surface area contributed by atoms with E-state index in [0.717, 1.165) is 35.2 Å². The minimum atomic E-state index is -0.931. The molecule has 4 rings (SSSR count). The second-order valence-electron chi connectivity index (χ2n) is 15.1. The first-order chi connectivity index (χ1) is 26.2. The number of carbonyl (C=O) groups is 2. The van der Waals surface area contributed by atoms with Gasteiger partial charge in [-0.3, -0.25) is 9.88 Å². The van der Waals surface area contributed by atoms with Crippen molar-refractivity contribution in [2.75, 3.05) is 20.3 Å². The van der Waals surface area contributed by atoms with E-state index in [0.29, 0.717) is 21.6 Å². The minimum Gasteiger partial charge on any atom is -0.495 e. The zero-order valence-corrected chi connectivity index (χ0v) is 34.4. The highest BCUT2D eigenvalue weighted by Gasteiger charge is 2.31. The van der Waals surface area contributed by atoms with Crippen LogP contribution in [0.25, 0.3) is 5.69 Å². The number of rotatable bonds is 12. The van der Waals surface area contributed by atoms with Crippen molar-refractivity contribution in [1.29, 1.82) is 0 Å². The van der Waals surface area contributed by atoms with Crippen LogP contribution in [0.2, 0.25) is 5.02 Å². The van der Waals surface area contributed by atoms with Crippen LogP contribution < -0.4 is 20.1 Å². The molecule has 0 spiro atoms. The van der Waals surface area contributed by atoms with Crippen LogP contribution in [-0.2, 0) is 20.6 Å². The molecule has 56 heavy (non-hydrogen) atoms. The van der Waals surface area contributed by atoms with Gasteiger partial charge in [-0.25, -0.2) is 27.7 Å². The zero-order valence-electron chi connectivity index (χ0n) is 32.8. The first kappa shape index (κ1) is 43.8. The van der Waals surface area contributed by atoms with E-state index < -0.39 is 46.3 Å². The Hall–Kier alpha value is -4.89. The van der Waals surface area contributed by atoms with Crippen molar-refractivity contribution >= 4 is 41.5 Å².